The van der Waals surface area contributed by atoms with Crippen LogP contribution in [0.15, 0.2) is 66.8 Å². The Hall–Kier alpha value is -4.18. The number of aliphatic hydroxyl groups is 1. The van der Waals surface area contributed by atoms with E-state index in [2.05, 4.69) is 4.98 Å². The van der Waals surface area contributed by atoms with Crippen LogP contribution >= 0.6 is 11.6 Å². The van der Waals surface area contributed by atoms with Crippen LogP contribution in [0, 0.1) is 10.1 Å². The van der Waals surface area contributed by atoms with E-state index in [4.69, 9.17) is 16.3 Å². The fourth-order valence-electron chi connectivity index (χ4n) is 4.15. The van der Waals surface area contributed by atoms with Crippen molar-refractivity contribution in [2.75, 3.05) is 13.2 Å². The summed E-state index contributed by atoms with van der Waals surface area (Å²) in [6.45, 7) is 2.98. The molecule has 2 aromatic carbocycles. The predicted molar refractivity (Wildman–Crippen MR) is 132 cm³/mol. The minimum absolute atomic E-state index is 0.114. The summed E-state index contributed by atoms with van der Waals surface area (Å²) in [6, 6.07) is 9.21. The second kappa shape index (κ2) is 10.6. The van der Waals surface area contributed by atoms with Crippen molar-refractivity contribution >= 4 is 34.7 Å². The third-order valence-electron chi connectivity index (χ3n) is 5.84. The highest BCUT2D eigenvalue weighted by molar-refractivity contribution is 6.46. The maximum absolute atomic E-state index is 13.1. The summed E-state index contributed by atoms with van der Waals surface area (Å²) < 4.78 is 7.27. The van der Waals surface area contributed by atoms with Crippen molar-refractivity contribution in [1.82, 2.24) is 14.5 Å². The first-order valence-corrected chi connectivity index (χ1v) is 11.6. The van der Waals surface area contributed by atoms with Crippen LogP contribution in [0.1, 0.15) is 30.5 Å². The lowest BCUT2D eigenvalue weighted by Crippen LogP contribution is -2.31. The number of hydrogen-bond donors (Lipinski definition) is 1. The predicted octanol–water partition coefficient (Wildman–Crippen LogP) is 4.36. The van der Waals surface area contributed by atoms with Crippen molar-refractivity contribution in [3.8, 4) is 5.75 Å². The number of nitrogens with zero attached hydrogens (tertiary/aromatic N) is 4. The van der Waals surface area contributed by atoms with Gasteiger partial charge in [0.1, 0.15) is 11.5 Å². The number of aryl methyl sites for hydroxylation is 1. The zero-order chi connectivity index (χ0) is 25.8. The van der Waals surface area contributed by atoms with Crippen LogP contribution in [0.3, 0.4) is 0 Å². The Labute approximate surface area is 211 Å². The number of Topliss-reactive ketones (excluding diaryl/α,β-unsaturated/α-hetero) is 1. The normalized spacial score (nSPS) is 16.9. The number of benzene rings is 2. The number of nitro groups is 1. The average molecular weight is 511 g/mol. The van der Waals surface area contributed by atoms with E-state index in [9.17, 15) is 24.8 Å². The summed E-state index contributed by atoms with van der Waals surface area (Å²) in [6.07, 6.45) is 5.60. The Bertz CT molecular complexity index is 1320. The molecule has 1 amide bonds. The molecule has 0 aliphatic carbocycles. The summed E-state index contributed by atoms with van der Waals surface area (Å²) in [5.74, 6) is -1.58. The van der Waals surface area contributed by atoms with Gasteiger partial charge >= 0.3 is 0 Å². The van der Waals surface area contributed by atoms with E-state index in [-0.39, 0.29) is 28.4 Å². The second-order valence-corrected chi connectivity index (χ2v) is 8.48. The summed E-state index contributed by atoms with van der Waals surface area (Å²) in [5, 5.41) is 22.5. The number of carbonyl (C=O) groups excluding carboxylic acids is 2. The first kappa shape index (κ1) is 24.9. The van der Waals surface area contributed by atoms with Gasteiger partial charge in [0.15, 0.2) is 0 Å². The van der Waals surface area contributed by atoms with Crippen LogP contribution in [0.2, 0.25) is 5.02 Å². The van der Waals surface area contributed by atoms with Crippen molar-refractivity contribution < 1.29 is 24.4 Å². The lowest BCUT2D eigenvalue weighted by molar-refractivity contribution is -0.384. The number of halogens is 1. The van der Waals surface area contributed by atoms with Crippen LogP contribution in [-0.4, -0.2) is 49.3 Å². The largest absolute Gasteiger partial charge is 0.507 e. The molecule has 11 heteroatoms. The van der Waals surface area contributed by atoms with Gasteiger partial charge in [0, 0.05) is 43.2 Å². The van der Waals surface area contributed by atoms with Gasteiger partial charge in [-0.15, -0.1) is 0 Å². The van der Waals surface area contributed by atoms with E-state index in [0.29, 0.717) is 30.9 Å². The molecule has 1 aliphatic rings. The number of amides is 1. The molecule has 1 atom stereocenters. The number of nitro benzene ring substituents is 1. The second-order valence-electron chi connectivity index (χ2n) is 8.07. The van der Waals surface area contributed by atoms with Gasteiger partial charge in [0.25, 0.3) is 17.4 Å². The highest BCUT2D eigenvalue weighted by Gasteiger charge is 2.45. The Kier molecular flexibility index (Phi) is 7.35. The third-order valence-corrected chi connectivity index (χ3v) is 6.13. The quantitative estimate of drug-likeness (QED) is 0.149. The number of ether oxygens (including phenoxy) is 1. The fourth-order valence-corrected chi connectivity index (χ4v) is 4.39. The Morgan fingerprint density at radius 2 is 1.94 bits per heavy atom. The number of imidazole rings is 1. The molecule has 1 N–H and O–H groups in total. The van der Waals surface area contributed by atoms with Crippen LogP contribution in [0.5, 0.6) is 5.75 Å². The fraction of sp³-hybridized carbons (Fsp3) is 0.240. The van der Waals surface area contributed by atoms with Crippen molar-refractivity contribution in [3.05, 3.63) is 93.0 Å². The van der Waals surface area contributed by atoms with Crippen molar-refractivity contribution in [1.29, 1.82) is 0 Å². The Morgan fingerprint density at radius 3 is 2.56 bits per heavy atom. The molecule has 3 aromatic rings. The smallest absolute Gasteiger partial charge is 0.295 e. The van der Waals surface area contributed by atoms with E-state index in [1.807, 2.05) is 11.5 Å². The Morgan fingerprint density at radius 1 is 1.19 bits per heavy atom. The summed E-state index contributed by atoms with van der Waals surface area (Å²) in [5.41, 5.74) is 0.457. The molecule has 0 saturated carbocycles. The number of ketones is 1. The van der Waals surface area contributed by atoms with Gasteiger partial charge in [0.2, 0.25) is 0 Å². The molecule has 0 bridgehead atoms. The van der Waals surface area contributed by atoms with E-state index < -0.39 is 28.4 Å². The van der Waals surface area contributed by atoms with Crippen LogP contribution in [0.25, 0.3) is 5.76 Å². The minimum Gasteiger partial charge on any atom is -0.507 e. The molecule has 2 heterocycles. The topological polar surface area (TPSA) is 128 Å². The standard InChI is InChI=1S/C25H23ClN4O6/c1-2-36-20-9-6-17(14-19(20)26)23(31)21-22(16-4-7-18(8-5-16)30(34)35)29(25(33)24(21)32)12-3-11-28-13-10-27-15-28/h4-10,13-15,22,31H,2-3,11-12H2,1H3/b23-21+/t22-/m0/s1. The number of likely N-dealkylation sites (tertiary alicyclic amines) is 1. The highest BCUT2D eigenvalue weighted by atomic mass is 35.5. The maximum atomic E-state index is 13.1. The lowest BCUT2D eigenvalue weighted by atomic mass is 9.95. The SMILES string of the molecule is CCOc1ccc(/C(O)=C2\C(=O)C(=O)N(CCCn3ccnc3)[C@H]2c2ccc([N+](=O)[O-])cc2)cc1Cl. The third kappa shape index (κ3) is 4.94. The number of carbonyl (C=O) groups is 2. The van der Waals surface area contributed by atoms with Gasteiger partial charge < -0.3 is 19.3 Å². The first-order chi connectivity index (χ1) is 17.3. The van der Waals surface area contributed by atoms with Gasteiger partial charge in [-0.1, -0.05) is 11.6 Å². The van der Waals surface area contributed by atoms with E-state index in [1.54, 1.807) is 30.9 Å². The van der Waals surface area contributed by atoms with Gasteiger partial charge in [-0.25, -0.2) is 4.98 Å². The molecule has 186 valence electrons. The molecule has 10 nitrogen and oxygen atoms in total. The zero-order valence-corrected chi connectivity index (χ0v) is 20.1. The van der Waals surface area contributed by atoms with Crippen LogP contribution in [-0.2, 0) is 16.1 Å². The average Bonchev–Trinajstić information content (AvgIpc) is 3.47. The molecule has 1 saturated heterocycles. The van der Waals surface area contributed by atoms with E-state index in [1.165, 1.54) is 35.2 Å². The van der Waals surface area contributed by atoms with E-state index in [0.717, 1.165) is 0 Å². The van der Waals surface area contributed by atoms with Crippen LogP contribution in [0.4, 0.5) is 5.69 Å². The summed E-state index contributed by atoms with van der Waals surface area (Å²) in [7, 11) is 0. The number of hydrogen-bond acceptors (Lipinski definition) is 7. The van der Waals surface area contributed by atoms with Crippen LogP contribution < -0.4 is 4.74 Å². The molecule has 0 spiro atoms. The van der Waals surface area contributed by atoms with E-state index >= 15 is 0 Å². The molecule has 1 fully saturated rings. The molecule has 1 aliphatic heterocycles. The molecule has 36 heavy (non-hydrogen) atoms. The Balaban J connectivity index is 1.74. The highest BCUT2D eigenvalue weighted by Crippen LogP contribution is 2.40. The first-order valence-electron chi connectivity index (χ1n) is 11.2. The number of rotatable bonds is 9. The molecular formula is C25H23ClN4O6. The van der Waals surface area contributed by atoms with Gasteiger partial charge in [0.05, 0.1) is 34.5 Å². The molecule has 0 unspecified atom stereocenters. The monoisotopic (exact) mass is 510 g/mol. The van der Waals surface area contributed by atoms with Gasteiger partial charge in [-0.2, -0.15) is 0 Å². The van der Waals surface area contributed by atoms with Crippen molar-refractivity contribution in [2.45, 2.75) is 25.9 Å². The van der Waals surface area contributed by atoms with Gasteiger partial charge in [-0.05, 0) is 49.2 Å². The molecular weight excluding hydrogens is 488 g/mol. The number of aliphatic hydroxyl groups excluding tert-OH is 1. The molecule has 0 radical (unpaired) electrons. The lowest BCUT2D eigenvalue weighted by Gasteiger charge is -2.25. The van der Waals surface area contributed by atoms with Gasteiger partial charge in [-0.3, -0.25) is 19.7 Å². The zero-order valence-electron chi connectivity index (χ0n) is 19.3. The van der Waals surface area contributed by atoms with Crippen molar-refractivity contribution in [2.24, 2.45) is 0 Å². The molecule has 1 aromatic heterocycles. The summed E-state index contributed by atoms with van der Waals surface area (Å²) in [4.78, 5) is 42.2. The number of aromatic nitrogens is 2. The van der Waals surface area contributed by atoms with Crippen molar-refractivity contribution in [3.63, 3.8) is 0 Å². The number of non-ortho nitro benzene ring substituents is 1. The maximum Gasteiger partial charge on any atom is 0.295 e. The minimum atomic E-state index is -0.932. The summed E-state index contributed by atoms with van der Waals surface area (Å²) >= 11 is 6.28. The molecule has 4 rings (SSSR count).